The molecule has 3 rings (SSSR count). The zero-order valence-corrected chi connectivity index (χ0v) is 15.2. The average Bonchev–Trinajstić information content (AvgIpc) is 2.65. The highest BCUT2D eigenvalue weighted by Gasteiger charge is 2.03. The first-order valence-corrected chi connectivity index (χ1v) is 8.91. The van der Waals surface area contributed by atoms with Crippen LogP contribution in [0.2, 0.25) is 0 Å². The standard InChI is InChI=1S/C21H22F2N4/c1-15-14-20(24-12-10-16-2-6-18(22)7-3-16)27-21(26-15)25-13-11-17-4-8-19(23)9-5-17/h2-9,14H,10-13H2,1H3,(H2,24,25,26,27). The molecular formula is C21H22F2N4. The molecule has 27 heavy (non-hydrogen) atoms. The van der Waals surface area contributed by atoms with Crippen molar-refractivity contribution in [3.63, 3.8) is 0 Å². The number of hydrogen-bond donors (Lipinski definition) is 2. The molecule has 1 heterocycles. The highest BCUT2D eigenvalue weighted by molar-refractivity contribution is 5.42. The Morgan fingerprint density at radius 1 is 0.741 bits per heavy atom. The van der Waals surface area contributed by atoms with Gasteiger partial charge in [0.15, 0.2) is 0 Å². The van der Waals surface area contributed by atoms with Crippen LogP contribution in [0.15, 0.2) is 54.6 Å². The molecule has 0 atom stereocenters. The molecule has 0 aliphatic rings. The lowest BCUT2D eigenvalue weighted by atomic mass is 10.1. The van der Waals surface area contributed by atoms with E-state index in [1.165, 1.54) is 24.3 Å². The van der Waals surface area contributed by atoms with E-state index in [1.54, 1.807) is 24.3 Å². The van der Waals surface area contributed by atoms with Gasteiger partial charge in [0.2, 0.25) is 5.95 Å². The maximum atomic E-state index is 12.9. The van der Waals surface area contributed by atoms with Crippen LogP contribution < -0.4 is 10.6 Å². The summed E-state index contributed by atoms with van der Waals surface area (Å²) >= 11 is 0. The summed E-state index contributed by atoms with van der Waals surface area (Å²) < 4.78 is 25.9. The normalized spacial score (nSPS) is 10.6. The summed E-state index contributed by atoms with van der Waals surface area (Å²) in [7, 11) is 0. The number of rotatable bonds is 8. The molecular weight excluding hydrogens is 346 g/mol. The Morgan fingerprint density at radius 2 is 1.26 bits per heavy atom. The molecule has 0 fully saturated rings. The van der Waals surface area contributed by atoms with Crippen molar-refractivity contribution in [1.82, 2.24) is 9.97 Å². The number of nitrogens with zero attached hydrogens (tertiary/aromatic N) is 2. The Bertz CT molecular complexity index is 795. The van der Waals surface area contributed by atoms with Crippen LogP contribution in [0.3, 0.4) is 0 Å². The zero-order chi connectivity index (χ0) is 19.1. The van der Waals surface area contributed by atoms with Crippen molar-refractivity contribution in [1.29, 1.82) is 0 Å². The van der Waals surface area contributed by atoms with Gasteiger partial charge in [-0.3, -0.25) is 0 Å². The minimum Gasteiger partial charge on any atom is -0.370 e. The first-order valence-electron chi connectivity index (χ1n) is 8.91. The van der Waals surface area contributed by atoms with Gasteiger partial charge in [0.05, 0.1) is 0 Å². The maximum Gasteiger partial charge on any atom is 0.224 e. The highest BCUT2D eigenvalue weighted by atomic mass is 19.1. The molecule has 3 aromatic rings. The van der Waals surface area contributed by atoms with E-state index >= 15 is 0 Å². The fourth-order valence-electron chi connectivity index (χ4n) is 2.69. The highest BCUT2D eigenvalue weighted by Crippen LogP contribution is 2.11. The first kappa shape index (κ1) is 18.8. The number of benzene rings is 2. The van der Waals surface area contributed by atoms with Gasteiger partial charge < -0.3 is 10.6 Å². The molecule has 4 nitrogen and oxygen atoms in total. The third kappa shape index (κ3) is 6.02. The Balaban J connectivity index is 1.50. The van der Waals surface area contributed by atoms with E-state index < -0.39 is 0 Å². The number of aromatic nitrogens is 2. The van der Waals surface area contributed by atoms with Crippen molar-refractivity contribution in [3.8, 4) is 0 Å². The van der Waals surface area contributed by atoms with Gasteiger partial charge in [-0.1, -0.05) is 24.3 Å². The lowest BCUT2D eigenvalue weighted by Crippen LogP contribution is -2.12. The first-order chi connectivity index (χ1) is 13.1. The zero-order valence-electron chi connectivity index (χ0n) is 15.2. The van der Waals surface area contributed by atoms with Crippen LogP contribution in [-0.4, -0.2) is 23.1 Å². The summed E-state index contributed by atoms with van der Waals surface area (Å²) in [6.45, 7) is 3.26. The van der Waals surface area contributed by atoms with Crippen molar-refractivity contribution >= 4 is 11.8 Å². The van der Waals surface area contributed by atoms with Crippen molar-refractivity contribution < 1.29 is 8.78 Å². The van der Waals surface area contributed by atoms with Gasteiger partial charge in [-0.25, -0.2) is 13.8 Å². The van der Waals surface area contributed by atoms with Gasteiger partial charge in [0, 0.05) is 24.8 Å². The second-order valence-corrected chi connectivity index (χ2v) is 6.32. The molecule has 0 saturated heterocycles. The quantitative estimate of drug-likeness (QED) is 0.620. The Morgan fingerprint density at radius 3 is 1.81 bits per heavy atom. The molecule has 140 valence electrons. The predicted octanol–water partition coefficient (Wildman–Crippen LogP) is 4.37. The van der Waals surface area contributed by atoms with Crippen LogP contribution in [0.25, 0.3) is 0 Å². The second kappa shape index (κ2) is 9.07. The van der Waals surface area contributed by atoms with Gasteiger partial charge in [-0.15, -0.1) is 0 Å². The summed E-state index contributed by atoms with van der Waals surface area (Å²) in [5.74, 6) is 0.842. The Hall–Kier alpha value is -3.02. The van der Waals surface area contributed by atoms with Crippen molar-refractivity contribution in [3.05, 3.63) is 83.1 Å². The van der Waals surface area contributed by atoms with E-state index in [1.807, 2.05) is 13.0 Å². The maximum absolute atomic E-state index is 12.9. The van der Waals surface area contributed by atoms with Gasteiger partial charge >= 0.3 is 0 Å². The molecule has 0 aliphatic heterocycles. The smallest absolute Gasteiger partial charge is 0.224 e. The van der Waals surface area contributed by atoms with Crippen LogP contribution in [0.5, 0.6) is 0 Å². The van der Waals surface area contributed by atoms with E-state index in [0.717, 1.165) is 35.5 Å². The summed E-state index contributed by atoms with van der Waals surface area (Å²) in [6.07, 6.45) is 1.53. The third-order valence-corrected chi connectivity index (χ3v) is 4.10. The van der Waals surface area contributed by atoms with Crippen LogP contribution in [0.1, 0.15) is 16.8 Å². The minimum absolute atomic E-state index is 0.227. The third-order valence-electron chi connectivity index (χ3n) is 4.10. The second-order valence-electron chi connectivity index (χ2n) is 6.32. The van der Waals surface area contributed by atoms with E-state index in [0.29, 0.717) is 19.0 Å². The largest absolute Gasteiger partial charge is 0.370 e. The van der Waals surface area contributed by atoms with Gasteiger partial charge in [-0.2, -0.15) is 4.98 Å². The Kier molecular flexibility index (Phi) is 6.30. The molecule has 0 aliphatic carbocycles. The fraction of sp³-hybridized carbons (Fsp3) is 0.238. The lowest BCUT2D eigenvalue weighted by Gasteiger charge is -2.10. The molecule has 0 unspecified atom stereocenters. The van der Waals surface area contributed by atoms with Gasteiger partial charge in [0.1, 0.15) is 17.5 Å². The lowest BCUT2D eigenvalue weighted by molar-refractivity contribution is 0.626. The predicted molar refractivity (Wildman–Crippen MR) is 104 cm³/mol. The SMILES string of the molecule is Cc1cc(NCCc2ccc(F)cc2)nc(NCCc2ccc(F)cc2)n1. The van der Waals surface area contributed by atoms with Crippen LogP contribution in [0.4, 0.5) is 20.5 Å². The van der Waals surface area contributed by atoms with Crippen LogP contribution in [-0.2, 0) is 12.8 Å². The van der Waals surface area contributed by atoms with Crippen LogP contribution in [0, 0.1) is 18.6 Å². The van der Waals surface area contributed by atoms with Crippen molar-refractivity contribution in [2.75, 3.05) is 23.7 Å². The van der Waals surface area contributed by atoms with E-state index in [-0.39, 0.29) is 11.6 Å². The molecule has 0 radical (unpaired) electrons. The van der Waals surface area contributed by atoms with Crippen LogP contribution >= 0.6 is 0 Å². The summed E-state index contributed by atoms with van der Waals surface area (Å²) in [6, 6.07) is 14.8. The molecule has 2 aromatic carbocycles. The molecule has 2 N–H and O–H groups in total. The summed E-state index contributed by atoms with van der Waals surface area (Å²) in [5.41, 5.74) is 2.97. The number of aryl methyl sites for hydroxylation is 1. The van der Waals surface area contributed by atoms with E-state index in [9.17, 15) is 8.78 Å². The molecule has 0 spiro atoms. The average molecular weight is 368 g/mol. The number of nitrogens with one attached hydrogen (secondary N) is 2. The molecule has 0 saturated carbocycles. The molecule has 0 amide bonds. The minimum atomic E-state index is -0.231. The number of halogens is 2. The fourth-order valence-corrected chi connectivity index (χ4v) is 2.69. The Labute approximate surface area is 157 Å². The molecule has 0 bridgehead atoms. The summed E-state index contributed by atoms with van der Waals surface area (Å²) in [4.78, 5) is 8.86. The number of anilines is 2. The topological polar surface area (TPSA) is 49.8 Å². The summed E-state index contributed by atoms with van der Waals surface area (Å²) in [5, 5.41) is 6.48. The van der Waals surface area contributed by atoms with E-state index in [4.69, 9.17) is 0 Å². The van der Waals surface area contributed by atoms with Gasteiger partial charge in [0.25, 0.3) is 0 Å². The molecule has 1 aromatic heterocycles. The number of hydrogen-bond acceptors (Lipinski definition) is 4. The van der Waals surface area contributed by atoms with E-state index in [2.05, 4.69) is 20.6 Å². The van der Waals surface area contributed by atoms with Crippen molar-refractivity contribution in [2.45, 2.75) is 19.8 Å². The van der Waals surface area contributed by atoms with Crippen molar-refractivity contribution in [2.24, 2.45) is 0 Å². The van der Waals surface area contributed by atoms with Gasteiger partial charge in [-0.05, 0) is 55.2 Å². The monoisotopic (exact) mass is 368 g/mol. The molecule has 6 heteroatoms.